The van der Waals surface area contributed by atoms with Gasteiger partial charge >= 0.3 is 0 Å². The van der Waals surface area contributed by atoms with Gasteiger partial charge in [-0.15, -0.1) is 0 Å². The van der Waals surface area contributed by atoms with Crippen LogP contribution in [0.3, 0.4) is 0 Å². The van der Waals surface area contributed by atoms with E-state index in [0.717, 1.165) is 38.6 Å². The fourth-order valence-electron chi connectivity index (χ4n) is 7.09. The number of fused-ring (bicyclic) bond motifs is 7. The van der Waals surface area contributed by atoms with Gasteiger partial charge in [-0.3, -0.25) is 0 Å². The summed E-state index contributed by atoms with van der Waals surface area (Å²) in [6.45, 7) is 0. The summed E-state index contributed by atoms with van der Waals surface area (Å²) in [7, 11) is 0. The molecule has 0 aliphatic carbocycles. The van der Waals surface area contributed by atoms with E-state index >= 15 is 0 Å². The summed E-state index contributed by atoms with van der Waals surface area (Å²) >= 11 is 0. The number of para-hydroxylation sites is 3. The van der Waals surface area contributed by atoms with Gasteiger partial charge in [0.25, 0.3) is 0 Å². The SMILES string of the molecule is c1ccc(-c2nc(-c3ccccc3)nc(-c3cc4c5ccccc5n5c6ccccc6c6cccc7ccn(c(c3)c45)c76)n2)cc1. The van der Waals surface area contributed by atoms with Crippen LogP contribution in [0.1, 0.15) is 0 Å². The largest absolute Gasteiger partial charge is 0.314 e. The highest BCUT2D eigenvalue weighted by Crippen LogP contribution is 2.39. The van der Waals surface area contributed by atoms with E-state index in [1.807, 2.05) is 60.7 Å². The zero-order valence-electron chi connectivity index (χ0n) is 24.7. The van der Waals surface area contributed by atoms with Crippen molar-refractivity contribution < 1.29 is 0 Å². The molecular weight excluding hydrogens is 562 g/mol. The topological polar surface area (TPSA) is 47.5 Å². The second-order valence-corrected chi connectivity index (χ2v) is 11.7. The molecule has 0 amide bonds. The van der Waals surface area contributed by atoms with Gasteiger partial charge in [0.05, 0.1) is 27.6 Å². The standard InChI is InChI=1S/C41H25N5/c1-3-12-27(13-4-1)39-42-40(28-14-5-2-6-15-28)44-41(43-39)29-24-33-31-18-8-10-21-35(31)46-34-20-9-7-17-30(34)32-19-11-16-26-22-23-45(37(26)32)36(25-29)38(33)46/h1-25H. The first-order chi connectivity index (χ1) is 22.8. The molecule has 6 aromatic carbocycles. The molecule has 4 aromatic heterocycles. The maximum Gasteiger partial charge on any atom is 0.164 e. The predicted octanol–water partition coefficient (Wildman–Crippen LogP) is 9.99. The summed E-state index contributed by atoms with van der Waals surface area (Å²) < 4.78 is 4.78. The molecule has 0 unspecified atom stereocenters. The minimum absolute atomic E-state index is 0.641. The summed E-state index contributed by atoms with van der Waals surface area (Å²) in [4.78, 5) is 15.2. The summed E-state index contributed by atoms with van der Waals surface area (Å²) in [6.07, 6.45) is 2.20. The van der Waals surface area contributed by atoms with Crippen molar-refractivity contribution in [3.05, 3.63) is 152 Å². The zero-order valence-corrected chi connectivity index (χ0v) is 24.7. The summed E-state index contributed by atoms with van der Waals surface area (Å²) in [5.74, 6) is 1.94. The van der Waals surface area contributed by atoms with Gasteiger partial charge in [-0.2, -0.15) is 0 Å². The summed E-state index contributed by atoms with van der Waals surface area (Å²) in [5, 5.41) is 5.96. The second-order valence-electron chi connectivity index (χ2n) is 11.7. The molecule has 0 saturated carbocycles. The van der Waals surface area contributed by atoms with Crippen LogP contribution < -0.4 is 0 Å². The molecule has 0 aliphatic rings. The van der Waals surface area contributed by atoms with E-state index in [9.17, 15) is 0 Å². The van der Waals surface area contributed by atoms with Crippen LogP contribution in [0.5, 0.6) is 0 Å². The lowest BCUT2D eigenvalue weighted by atomic mass is 10.1. The molecule has 5 heteroatoms. The Labute approximate surface area is 263 Å². The molecule has 0 saturated heterocycles. The Morgan fingerprint density at radius 1 is 0.370 bits per heavy atom. The Morgan fingerprint density at radius 2 is 0.913 bits per heavy atom. The van der Waals surface area contributed by atoms with Crippen molar-refractivity contribution in [3.8, 4) is 34.2 Å². The first-order valence-corrected chi connectivity index (χ1v) is 15.5. The van der Waals surface area contributed by atoms with Gasteiger partial charge in [0.1, 0.15) is 0 Å². The van der Waals surface area contributed by atoms with E-state index in [1.54, 1.807) is 0 Å². The lowest BCUT2D eigenvalue weighted by molar-refractivity contribution is 1.07. The zero-order chi connectivity index (χ0) is 30.2. The third-order valence-electron chi connectivity index (χ3n) is 9.11. The summed E-state index contributed by atoms with van der Waals surface area (Å²) in [6, 6.07) is 51.0. The number of hydrogen-bond acceptors (Lipinski definition) is 3. The number of benzene rings is 6. The minimum atomic E-state index is 0.641. The first kappa shape index (κ1) is 25.0. The van der Waals surface area contributed by atoms with Crippen LogP contribution in [-0.2, 0) is 0 Å². The van der Waals surface area contributed by atoms with E-state index in [-0.39, 0.29) is 0 Å². The van der Waals surface area contributed by atoms with Gasteiger partial charge in [0, 0.05) is 49.8 Å². The minimum Gasteiger partial charge on any atom is -0.314 e. The van der Waals surface area contributed by atoms with Crippen molar-refractivity contribution in [2.75, 3.05) is 0 Å². The maximum absolute atomic E-state index is 5.11. The van der Waals surface area contributed by atoms with Crippen LogP contribution in [0.25, 0.3) is 88.7 Å². The van der Waals surface area contributed by atoms with Gasteiger partial charge < -0.3 is 8.80 Å². The van der Waals surface area contributed by atoms with Gasteiger partial charge in [-0.05, 0) is 30.3 Å². The highest BCUT2D eigenvalue weighted by atomic mass is 15.0. The third kappa shape index (κ3) is 3.60. The van der Waals surface area contributed by atoms with E-state index in [0.29, 0.717) is 17.5 Å². The highest BCUT2D eigenvalue weighted by Gasteiger charge is 2.19. The number of hydrogen-bond donors (Lipinski definition) is 0. The molecule has 0 spiro atoms. The maximum atomic E-state index is 5.11. The molecule has 4 heterocycles. The lowest BCUT2D eigenvalue weighted by Crippen LogP contribution is -2.00. The molecular formula is C41H25N5. The quantitative estimate of drug-likeness (QED) is 0.207. The fraction of sp³-hybridized carbons (Fsp3) is 0. The fourth-order valence-corrected chi connectivity index (χ4v) is 7.09. The number of aromatic nitrogens is 5. The van der Waals surface area contributed by atoms with Gasteiger partial charge in [0.2, 0.25) is 0 Å². The molecule has 0 fully saturated rings. The van der Waals surface area contributed by atoms with E-state index in [2.05, 4.69) is 99.9 Å². The normalized spacial score (nSPS) is 11.9. The van der Waals surface area contributed by atoms with Crippen molar-refractivity contribution in [2.24, 2.45) is 0 Å². The monoisotopic (exact) mass is 587 g/mol. The number of rotatable bonds is 3. The van der Waals surface area contributed by atoms with E-state index in [4.69, 9.17) is 15.0 Å². The van der Waals surface area contributed by atoms with Gasteiger partial charge in [-0.25, -0.2) is 15.0 Å². The summed E-state index contributed by atoms with van der Waals surface area (Å²) in [5.41, 5.74) is 8.61. The molecule has 0 bridgehead atoms. The van der Waals surface area contributed by atoms with E-state index < -0.39 is 0 Å². The number of nitrogens with zero attached hydrogens (tertiary/aromatic N) is 5. The molecule has 0 N–H and O–H groups in total. The molecule has 10 aromatic rings. The smallest absolute Gasteiger partial charge is 0.164 e. The van der Waals surface area contributed by atoms with Crippen LogP contribution >= 0.6 is 0 Å². The second kappa shape index (κ2) is 9.58. The molecule has 0 radical (unpaired) electrons. The molecule has 214 valence electrons. The molecule has 46 heavy (non-hydrogen) atoms. The van der Waals surface area contributed by atoms with Gasteiger partial charge in [-0.1, -0.05) is 115 Å². The van der Waals surface area contributed by atoms with Crippen molar-refractivity contribution in [3.63, 3.8) is 0 Å². The molecule has 5 nitrogen and oxygen atoms in total. The van der Waals surface area contributed by atoms with E-state index in [1.165, 1.54) is 32.6 Å². The Bertz CT molecular complexity index is 2740. The van der Waals surface area contributed by atoms with Gasteiger partial charge in [0.15, 0.2) is 17.5 Å². The third-order valence-corrected chi connectivity index (χ3v) is 9.11. The Hall–Kier alpha value is -6.33. The Kier molecular flexibility index (Phi) is 5.22. The predicted molar refractivity (Wildman–Crippen MR) is 188 cm³/mol. The van der Waals surface area contributed by atoms with Crippen molar-refractivity contribution in [2.45, 2.75) is 0 Å². The van der Waals surface area contributed by atoms with Crippen molar-refractivity contribution >= 4 is 54.5 Å². The lowest BCUT2D eigenvalue weighted by Gasteiger charge is -2.12. The average Bonchev–Trinajstić information content (AvgIpc) is 3.71. The highest BCUT2D eigenvalue weighted by molar-refractivity contribution is 6.19. The van der Waals surface area contributed by atoms with Crippen molar-refractivity contribution in [1.29, 1.82) is 0 Å². The van der Waals surface area contributed by atoms with Crippen LogP contribution in [0, 0.1) is 0 Å². The van der Waals surface area contributed by atoms with Crippen molar-refractivity contribution in [1.82, 2.24) is 23.8 Å². The Morgan fingerprint density at radius 3 is 1.57 bits per heavy atom. The molecule has 0 atom stereocenters. The van der Waals surface area contributed by atoms with Crippen LogP contribution in [-0.4, -0.2) is 23.8 Å². The van der Waals surface area contributed by atoms with Crippen LogP contribution in [0.2, 0.25) is 0 Å². The van der Waals surface area contributed by atoms with Crippen LogP contribution in [0.4, 0.5) is 0 Å². The average molecular weight is 588 g/mol. The first-order valence-electron chi connectivity index (χ1n) is 15.5. The Balaban J connectivity index is 1.40. The molecule has 10 rings (SSSR count). The van der Waals surface area contributed by atoms with Crippen LogP contribution in [0.15, 0.2) is 152 Å². The molecule has 0 aliphatic heterocycles.